The number of allylic oxidation sites excluding steroid dienone is 1. The standard InChI is InChI=1S/C22H23N3O/c1-2-25-21-11-18(15-7-4-3-5-8-15)20(12-19(21)23-22(25)26)24-13-16-9-6-10-17(16)14-24/h3-9,11-12,16-17H,2,10,13-14H2,1H3,(H,23,26)/t16-,17+/m1/s1. The van der Waals surface area contributed by atoms with Crippen LogP contribution in [0.2, 0.25) is 0 Å². The Morgan fingerprint density at radius 3 is 2.77 bits per heavy atom. The smallest absolute Gasteiger partial charge is 0.326 e. The largest absolute Gasteiger partial charge is 0.370 e. The molecule has 1 saturated heterocycles. The molecule has 1 aliphatic carbocycles. The zero-order valence-electron chi connectivity index (χ0n) is 15.0. The van der Waals surface area contributed by atoms with Gasteiger partial charge in [-0.15, -0.1) is 0 Å². The number of hydrogen-bond acceptors (Lipinski definition) is 2. The van der Waals surface area contributed by atoms with Gasteiger partial charge in [0.15, 0.2) is 0 Å². The van der Waals surface area contributed by atoms with E-state index in [1.807, 2.05) is 17.6 Å². The van der Waals surface area contributed by atoms with Crippen LogP contribution in [0.4, 0.5) is 5.69 Å². The van der Waals surface area contributed by atoms with Crippen molar-refractivity contribution in [2.75, 3.05) is 18.0 Å². The van der Waals surface area contributed by atoms with Gasteiger partial charge in [-0.25, -0.2) is 4.79 Å². The van der Waals surface area contributed by atoms with Gasteiger partial charge in [0.1, 0.15) is 0 Å². The maximum atomic E-state index is 12.3. The fraction of sp³-hybridized carbons (Fsp3) is 0.318. The molecule has 3 aromatic rings. The van der Waals surface area contributed by atoms with Gasteiger partial charge in [-0.2, -0.15) is 0 Å². The maximum Gasteiger partial charge on any atom is 0.326 e. The lowest BCUT2D eigenvalue weighted by atomic mass is 10.0. The van der Waals surface area contributed by atoms with Crippen molar-refractivity contribution >= 4 is 16.7 Å². The topological polar surface area (TPSA) is 41.0 Å². The molecule has 1 aliphatic heterocycles. The summed E-state index contributed by atoms with van der Waals surface area (Å²) >= 11 is 0. The number of rotatable bonds is 3. The van der Waals surface area contributed by atoms with Gasteiger partial charge >= 0.3 is 5.69 Å². The van der Waals surface area contributed by atoms with Crippen LogP contribution in [0.1, 0.15) is 13.3 Å². The molecule has 0 amide bonds. The lowest BCUT2D eigenvalue weighted by Gasteiger charge is -2.23. The third kappa shape index (κ3) is 2.32. The second-order valence-corrected chi connectivity index (χ2v) is 7.42. The van der Waals surface area contributed by atoms with E-state index in [2.05, 4.69) is 58.4 Å². The zero-order chi connectivity index (χ0) is 17.7. The SMILES string of the molecule is CCn1c(=O)[nH]c2cc(N3C[C@@H]4CC=C[C@@H]4C3)c(-c3ccccc3)cc21. The quantitative estimate of drug-likeness (QED) is 0.728. The summed E-state index contributed by atoms with van der Waals surface area (Å²) in [7, 11) is 0. The Labute approximate surface area is 152 Å². The van der Waals surface area contributed by atoms with E-state index in [4.69, 9.17) is 0 Å². The highest BCUT2D eigenvalue weighted by Gasteiger charge is 2.34. The number of hydrogen-bond donors (Lipinski definition) is 1. The predicted octanol–water partition coefficient (Wildman–Crippen LogP) is 4.03. The number of aromatic nitrogens is 2. The highest BCUT2D eigenvalue weighted by atomic mass is 16.1. The van der Waals surface area contributed by atoms with E-state index in [0.29, 0.717) is 12.5 Å². The van der Waals surface area contributed by atoms with Gasteiger partial charge in [0.2, 0.25) is 0 Å². The third-order valence-corrected chi connectivity index (χ3v) is 5.95. The Morgan fingerprint density at radius 2 is 2.00 bits per heavy atom. The molecular formula is C22H23N3O. The molecule has 4 nitrogen and oxygen atoms in total. The number of aromatic amines is 1. The highest BCUT2D eigenvalue weighted by Crippen LogP contribution is 2.40. The van der Waals surface area contributed by atoms with Crippen molar-refractivity contribution in [2.45, 2.75) is 19.9 Å². The first-order valence-electron chi connectivity index (χ1n) is 9.48. The normalized spacial score (nSPS) is 21.7. The van der Waals surface area contributed by atoms with Gasteiger partial charge in [0, 0.05) is 30.9 Å². The number of nitrogens with one attached hydrogen (secondary N) is 1. The fourth-order valence-corrected chi connectivity index (χ4v) is 4.61. The molecule has 1 aromatic heterocycles. The molecule has 2 aromatic carbocycles. The summed E-state index contributed by atoms with van der Waals surface area (Å²) in [4.78, 5) is 17.8. The number of benzene rings is 2. The lowest BCUT2D eigenvalue weighted by molar-refractivity contribution is 0.535. The van der Waals surface area contributed by atoms with Gasteiger partial charge in [0.25, 0.3) is 0 Å². The van der Waals surface area contributed by atoms with Crippen LogP contribution in [-0.4, -0.2) is 22.6 Å². The minimum atomic E-state index is -0.0279. The van der Waals surface area contributed by atoms with Crippen LogP contribution in [0.3, 0.4) is 0 Å². The highest BCUT2D eigenvalue weighted by molar-refractivity contribution is 5.91. The monoisotopic (exact) mass is 345 g/mol. The van der Waals surface area contributed by atoms with Crippen molar-refractivity contribution in [3.63, 3.8) is 0 Å². The summed E-state index contributed by atoms with van der Waals surface area (Å²) in [6, 6.07) is 14.9. The van der Waals surface area contributed by atoms with E-state index >= 15 is 0 Å². The Bertz CT molecular complexity index is 1040. The van der Waals surface area contributed by atoms with E-state index in [-0.39, 0.29) is 5.69 Å². The number of H-pyrrole nitrogens is 1. The summed E-state index contributed by atoms with van der Waals surface area (Å²) in [6.45, 7) is 4.83. The molecule has 0 saturated carbocycles. The van der Waals surface area contributed by atoms with Crippen LogP contribution in [0, 0.1) is 11.8 Å². The summed E-state index contributed by atoms with van der Waals surface area (Å²) in [5, 5.41) is 0. The van der Waals surface area contributed by atoms with Crippen molar-refractivity contribution in [1.29, 1.82) is 0 Å². The van der Waals surface area contributed by atoms with Crippen molar-refractivity contribution in [3.05, 3.63) is 65.1 Å². The molecule has 0 unspecified atom stereocenters. The van der Waals surface area contributed by atoms with Gasteiger partial charge in [-0.1, -0.05) is 42.5 Å². The molecule has 1 N–H and O–H groups in total. The summed E-state index contributed by atoms with van der Waals surface area (Å²) < 4.78 is 1.81. The minimum Gasteiger partial charge on any atom is -0.370 e. The lowest BCUT2D eigenvalue weighted by Crippen LogP contribution is -2.21. The molecule has 1 fully saturated rings. The van der Waals surface area contributed by atoms with Crippen LogP contribution in [0.25, 0.3) is 22.2 Å². The Morgan fingerprint density at radius 1 is 1.15 bits per heavy atom. The Kier molecular flexibility index (Phi) is 3.52. The Balaban J connectivity index is 1.70. The Hall–Kier alpha value is -2.75. The first-order valence-corrected chi connectivity index (χ1v) is 9.48. The second-order valence-electron chi connectivity index (χ2n) is 7.42. The number of aryl methyl sites for hydroxylation is 1. The van der Waals surface area contributed by atoms with Crippen LogP contribution >= 0.6 is 0 Å². The second kappa shape index (κ2) is 5.90. The van der Waals surface area contributed by atoms with E-state index in [9.17, 15) is 4.79 Å². The van der Waals surface area contributed by atoms with Crippen LogP contribution in [0.15, 0.2) is 59.4 Å². The summed E-state index contributed by atoms with van der Waals surface area (Å²) in [6.07, 6.45) is 5.89. The number of nitrogens with zero attached hydrogens (tertiary/aromatic N) is 2. The van der Waals surface area contributed by atoms with Crippen LogP contribution in [0.5, 0.6) is 0 Å². The minimum absolute atomic E-state index is 0.0279. The molecule has 26 heavy (non-hydrogen) atoms. The van der Waals surface area contributed by atoms with Gasteiger partial charge in [-0.3, -0.25) is 4.57 Å². The van der Waals surface area contributed by atoms with Crippen LogP contribution in [-0.2, 0) is 6.54 Å². The number of anilines is 1. The van der Waals surface area contributed by atoms with Gasteiger partial charge < -0.3 is 9.88 Å². The third-order valence-electron chi connectivity index (χ3n) is 5.95. The van der Waals surface area contributed by atoms with E-state index in [1.54, 1.807) is 0 Å². The molecule has 0 spiro atoms. The molecule has 4 heteroatoms. The van der Waals surface area contributed by atoms with E-state index < -0.39 is 0 Å². The summed E-state index contributed by atoms with van der Waals surface area (Å²) in [5.74, 6) is 1.39. The molecule has 2 aliphatic rings. The summed E-state index contributed by atoms with van der Waals surface area (Å²) in [5.41, 5.74) is 5.53. The molecule has 2 heterocycles. The molecule has 5 rings (SSSR count). The van der Waals surface area contributed by atoms with Crippen molar-refractivity contribution in [3.8, 4) is 11.1 Å². The molecule has 2 atom stereocenters. The predicted molar refractivity (Wildman–Crippen MR) is 107 cm³/mol. The first kappa shape index (κ1) is 15.5. The fourth-order valence-electron chi connectivity index (χ4n) is 4.61. The maximum absolute atomic E-state index is 12.3. The van der Waals surface area contributed by atoms with Crippen molar-refractivity contribution in [1.82, 2.24) is 9.55 Å². The molecule has 132 valence electrons. The molecular weight excluding hydrogens is 322 g/mol. The van der Waals surface area contributed by atoms with Crippen molar-refractivity contribution in [2.24, 2.45) is 11.8 Å². The van der Waals surface area contributed by atoms with Crippen molar-refractivity contribution < 1.29 is 0 Å². The van der Waals surface area contributed by atoms with E-state index in [0.717, 1.165) is 30.0 Å². The number of imidazole rings is 1. The average Bonchev–Trinajstić information content (AvgIpc) is 3.33. The average molecular weight is 345 g/mol. The van der Waals surface area contributed by atoms with Gasteiger partial charge in [0.05, 0.1) is 11.0 Å². The van der Waals surface area contributed by atoms with E-state index in [1.165, 1.54) is 23.2 Å². The first-order chi connectivity index (χ1) is 12.7. The number of fused-ring (bicyclic) bond motifs is 2. The van der Waals surface area contributed by atoms with Crippen LogP contribution < -0.4 is 10.6 Å². The molecule has 0 bridgehead atoms. The zero-order valence-corrected chi connectivity index (χ0v) is 15.0. The van der Waals surface area contributed by atoms with Gasteiger partial charge in [-0.05, 0) is 42.9 Å². The molecule has 0 radical (unpaired) electrons.